The Morgan fingerprint density at radius 1 is 1.19 bits per heavy atom. The highest BCUT2D eigenvalue weighted by Crippen LogP contribution is 2.36. The number of amides is 1. The van der Waals surface area contributed by atoms with Gasteiger partial charge in [0.05, 0.1) is 7.11 Å². The summed E-state index contributed by atoms with van der Waals surface area (Å²) in [5, 5.41) is -0.169. The molecule has 0 spiro atoms. The van der Waals surface area contributed by atoms with Crippen LogP contribution in [-0.4, -0.2) is 43.4 Å². The Kier molecular flexibility index (Phi) is 6.55. The third-order valence-corrected chi connectivity index (χ3v) is 5.71. The van der Waals surface area contributed by atoms with Gasteiger partial charge in [-0.15, -0.1) is 0 Å². The molecule has 2 aromatic rings. The van der Waals surface area contributed by atoms with Crippen LogP contribution in [0.5, 0.6) is 11.5 Å². The van der Waals surface area contributed by atoms with Crippen molar-refractivity contribution in [1.29, 1.82) is 0 Å². The molecule has 0 aliphatic carbocycles. The summed E-state index contributed by atoms with van der Waals surface area (Å²) in [4.78, 5) is 14.2. The van der Waals surface area contributed by atoms with Gasteiger partial charge in [0.15, 0.2) is 6.61 Å². The molecule has 1 amide bonds. The van der Waals surface area contributed by atoms with Crippen molar-refractivity contribution >= 4 is 17.7 Å². The molecule has 144 valence electrons. The molecule has 0 bridgehead atoms. The zero-order chi connectivity index (χ0) is 19.2. The van der Waals surface area contributed by atoms with Crippen molar-refractivity contribution in [2.45, 2.75) is 11.7 Å². The fourth-order valence-electron chi connectivity index (χ4n) is 2.96. The lowest BCUT2D eigenvalue weighted by atomic mass is 10.1. The van der Waals surface area contributed by atoms with Gasteiger partial charge in [-0.1, -0.05) is 6.07 Å². The Morgan fingerprint density at radius 3 is 2.81 bits per heavy atom. The van der Waals surface area contributed by atoms with Crippen LogP contribution in [0.4, 0.5) is 8.78 Å². The van der Waals surface area contributed by atoms with Crippen LogP contribution in [0.25, 0.3) is 0 Å². The standard InChI is InChI=1S/C20H21F2NO3S/c1-25-15-3-2-4-16(12-15)26-13-20(24)23-8-7-19(27-10-9-23)17-11-14(21)5-6-18(17)22/h2-6,11-12,19H,7-10,13H2,1H3. The van der Waals surface area contributed by atoms with E-state index in [-0.39, 0.29) is 17.8 Å². The zero-order valence-electron chi connectivity index (χ0n) is 15.0. The summed E-state index contributed by atoms with van der Waals surface area (Å²) in [6, 6.07) is 10.6. The van der Waals surface area contributed by atoms with Crippen molar-refractivity contribution in [2.75, 3.05) is 32.6 Å². The molecule has 0 N–H and O–H groups in total. The lowest BCUT2D eigenvalue weighted by molar-refractivity contribution is -0.133. The summed E-state index contributed by atoms with van der Waals surface area (Å²) >= 11 is 1.54. The van der Waals surface area contributed by atoms with Gasteiger partial charge in [0, 0.05) is 35.7 Å². The Balaban J connectivity index is 1.57. The van der Waals surface area contributed by atoms with Crippen molar-refractivity contribution < 1.29 is 23.0 Å². The maximum atomic E-state index is 14.0. The van der Waals surface area contributed by atoms with Gasteiger partial charge in [0.1, 0.15) is 23.1 Å². The molecule has 1 atom stereocenters. The summed E-state index contributed by atoms with van der Waals surface area (Å²) in [6.45, 7) is 0.961. The van der Waals surface area contributed by atoms with Crippen LogP contribution in [0.3, 0.4) is 0 Å². The van der Waals surface area contributed by atoms with Gasteiger partial charge in [-0.2, -0.15) is 11.8 Å². The molecule has 0 saturated carbocycles. The molecule has 4 nitrogen and oxygen atoms in total. The third kappa shape index (κ3) is 5.13. The quantitative estimate of drug-likeness (QED) is 0.768. The first kappa shape index (κ1) is 19.5. The summed E-state index contributed by atoms with van der Waals surface area (Å²) < 4.78 is 38.2. The molecular weight excluding hydrogens is 372 g/mol. The van der Waals surface area contributed by atoms with E-state index in [4.69, 9.17) is 9.47 Å². The number of carbonyl (C=O) groups excluding carboxylic acids is 1. The SMILES string of the molecule is COc1cccc(OCC(=O)N2CCSC(c3cc(F)ccc3F)CC2)c1. The minimum absolute atomic E-state index is 0.0726. The van der Waals surface area contributed by atoms with E-state index in [1.54, 1.807) is 48.0 Å². The predicted molar refractivity (Wildman–Crippen MR) is 101 cm³/mol. The molecule has 3 rings (SSSR count). The molecule has 27 heavy (non-hydrogen) atoms. The Labute approximate surface area is 161 Å². The Bertz CT molecular complexity index is 803. The highest BCUT2D eigenvalue weighted by atomic mass is 32.2. The second kappa shape index (κ2) is 9.08. The molecule has 1 saturated heterocycles. The van der Waals surface area contributed by atoms with E-state index in [1.165, 1.54) is 6.07 Å². The number of benzene rings is 2. The number of methoxy groups -OCH3 is 1. The molecule has 1 unspecified atom stereocenters. The number of hydrogen-bond donors (Lipinski definition) is 0. The molecule has 1 fully saturated rings. The van der Waals surface area contributed by atoms with Crippen LogP contribution < -0.4 is 9.47 Å². The minimum atomic E-state index is -0.448. The smallest absolute Gasteiger partial charge is 0.260 e. The number of carbonyl (C=O) groups is 1. The van der Waals surface area contributed by atoms with E-state index >= 15 is 0 Å². The Hall–Kier alpha value is -2.28. The zero-order valence-corrected chi connectivity index (χ0v) is 15.8. The molecule has 2 aromatic carbocycles. The first-order chi connectivity index (χ1) is 13.1. The second-order valence-corrected chi connectivity index (χ2v) is 7.47. The van der Waals surface area contributed by atoms with Crippen LogP contribution in [-0.2, 0) is 4.79 Å². The third-order valence-electron chi connectivity index (χ3n) is 4.40. The molecule has 1 aliphatic rings. The van der Waals surface area contributed by atoms with E-state index in [0.29, 0.717) is 42.3 Å². The lowest BCUT2D eigenvalue weighted by Crippen LogP contribution is -2.36. The lowest BCUT2D eigenvalue weighted by Gasteiger charge is -2.20. The summed E-state index contributed by atoms with van der Waals surface area (Å²) in [5.41, 5.74) is 0.363. The fraction of sp³-hybridized carbons (Fsp3) is 0.350. The van der Waals surface area contributed by atoms with E-state index in [0.717, 1.165) is 12.1 Å². The maximum Gasteiger partial charge on any atom is 0.260 e. The van der Waals surface area contributed by atoms with Crippen LogP contribution in [0.1, 0.15) is 17.2 Å². The van der Waals surface area contributed by atoms with Crippen LogP contribution >= 0.6 is 11.8 Å². The van der Waals surface area contributed by atoms with Crippen molar-refractivity contribution in [3.8, 4) is 11.5 Å². The average Bonchev–Trinajstić information content (AvgIpc) is 2.94. The van der Waals surface area contributed by atoms with Gasteiger partial charge in [0.25, 0.3) is 5.91 Å². The van der Waals surface area contributed by atoms with E-state index in [2.05, 4.69) is 0 Å². The van der Waals surface area contributed by atoms with Gasteiger partial charge < -0.3 is 14.4 Å². The van der Waals surface area contributed by atoms with Gasteiger partial charge in [-0.05, 0) is 36.8 Å². The summed E-state index contributed by atoms with van der Waals surface area (Å²) in [5.74, 6) is 0.897. The predicted octanol–water partition coefficient (Wildman–Crippen LogP) is 4.06. The van der Waals surface area contributed by atoms with Crippen LogP contribution in [0.2, 0.25) is 0 Å². The molecular formula is C20H21F2NO3S. The monoisotopic (exact) mass is 393 g/mol. The van der Waals surface area contributed by atoms with Gasteiger partial charge in [0.2, 0.25) is 0 Å². The van der Waals surface area contributed by atoms with Gasteiger partial charge >= 0.3 is 0 Å². The minimum Gasteiger partial charge on any atom is -0.497 e. The van der Waals surface area contributed by atoms with Crippen molar-refractivity contribution in [1.82, 2.24) is 4.90 Å². The van der Waals surface area contributed by atoms with Crippen molar-refractivity contribution in [2.24, 2.45) is 0 Å². The number of hydrogen-bond acceptors (Lipinski definition) is 4. The van der Waals surface area contributed by atoms with Gasteiger partial charge in [-0.25, -0.2) is 8.78 Å². The highest BCUT2D eigenvalue weighted by Gasteiger charge is 2.24. The number of halogens is 2. The van der Waals surface area contributed by atoms with Crippen LogP contribution in [0.15, 0.2) is 42.5 Å². The van der Waals surface area contributed by atoms with Crippen molar-refractivity contribution in [3.05, 3.63) is 59.7 Å². The largest absolute Gasteiger partial charge is 0.497 e. The van der Waals surface area contributed by atoms with E-state index < -0.39 is 11.6 Å². The number of rotatable bonds is 5. The number of ether oxygens (including phenoxy) is 2. The Morgan fingerprint density at radius 2 is 2.00 bits per heavy atom. The number of thioether (sulfide) groups is 1. The topological polar surface area (TPSA) is 38.8 Å². The molecule has 7 heteroatoms. The highest BCUT2D eigenvalue weighted by molar-refractivity contribution is 7.99. The second-order valence-electron chi connectivity index (χ2n) is 6.16. The van der Waals surface area contributed by atoms with Gasteiger partial charge in [-0.3, -0.25) is 4.79 Å². The normalized spacial score (nSPS) is 17.3. The summed E-state index contributed by atoms with van der Waals surface area (Å²) in [7, 11) is 1.57. The molecule has 0 aromatic heterocycles. The average molecular weight is 393 g/mol. The molecule has 1 aliphatic heterocycles. The fourth-order valence-corrected chi connectivity index (χ4v) is 4.20. The number of nitrogens with zero attached hydrogens (tertiary/aromatic N) is 1. The van der Waals surface area contributed by atoms with Crippen LogP contribution in [0, 0.1) is 11.6 Å². The van der Waals surface area contributed by atoms with E-state index in [9.17, 15) is 13.6 Å². The first-order valence-electron chi connectivity index (χ1n) is 8.68. The molecule has 0 radical (unpaired) electrons. The maximum absolute atomic E-state index is 14.0. The summed E-state index contributed by atoms with van der Waals surface area (Å²) in [6.07, 6.45) is 0.565. The van der Waals surface area contributed by atoms with E-state index in [1.807, 2.05) is 0 Å². The van der Waals surface area contributed by atoms with Crippen molar-refractivity contribution in [3.63, 3.8) is 0 Å². The first-order valence-corrected chi connectivity index (χ1v) is 9.73. The molecule has 1 heterocycles.